The van der Waals surface area contributed by atoms with Crippen molar-refractivity contribution in [3.8, 4) is 0 Å². The zero-order valence-electron chi connectivity index (χ0n) is 13.4. The molecule has 1 aliphatic rings. The molecular weight excluding hydrogens is 274 g/mol. The summed E-state index contributed by atoms with van der Waals surface area (Å²) in [7, 11) is -3.35. The van der Waals surface area contributed by atoms with Crippen molar-refractivity contribution in [2.45, 2.75) is 59.4 Å². The first-order valence-corrected chi connectivity index (χ1v) is 9.25. The Kier molecular flexibility index (Phi) is 6.91. The summed E-state index contributed by atoms with van der Waals surface area (Å²) in [4.78, 5) is 0. The summed E-state index contributed by atoms with van der Waals surface area (Å²) in [5, 5.41) is 3.44. The fourth-order valence-corrected chi connectivity index (χ4v) is 4.16. The van der Waals surface area contributed by atoms with Gasteiger partial charge in [-0.05, 0) is 37.6 Å². The average Bonchev–Trinajstić information content (AvgIpc) is 2.36. The minimum absolute atomic E-state index is 0.140. The topological polar surface area (TPSA) is 61.4 Å². The largest absolute Gasteiger partial charge is 0.312 e. The number of rotatable bonds is 8. The van der Waals surface area contributed by atoms with E-state index in [0.29, 0.717) is 19.6 Å². The van der Waals surface area contributed by atoms with Gasteiger partial charge in [-0.15, -0.1) is 0 Å². The van der Waals surface area contributed by atoms with Gasteiger partial charge in [0.05, 0.1) is 0 Å². The van der Waals surface area contributed by atoms with Crippen LogP contribution in [0.25, 0.3) is 0 Å². The maximum atomic E-state index is 12.4. The van der Waals surface area contributed by atoms with E-state index in [0.717, 1.165) is 32.2 Å². The van der Waals surface area contributed by atoms with E-state index in [-0.39, 0.29) is 11.5 Å². The van der Waals surface area contributed by atoms with Crippen molar-refractivity contribution in [3.63, 3.8) is 0 Å². The lowest BCUT2D eigenvalue weighted by molar-refractivity contribution is 0.181. The van der Waals surface area contributed by atoms with Gasteiger partial charge in [0.1, 0.15) is 0 Å². The maximum absolute atomic E-state index is 12.4. The van der Waals surface area contributed by atoms with Crippen LogP contribution in [-0.2, 0) is 10.2 Å². The van der Waals surface area contributed by atoms with Crippen LogP contribution in [0.1, 0.15) is 53.4 Å². The zero-order chi connectivity index (χ0) is 15.2. The van der Waals surface area contributed by atoms with E-state index in [9.17, 15) is 8.42 Å². The average molecular weight is 305 g/mol. The molecule has 0 saturated carbocycles. The Bertz CT molecular complexity index is 376. The van der Waals surface area contributed by atoms with Crippen LogP contribution in [0.3, 0.4) is 0 Å². The molecule has 120 valence electrons. The number of piperidine rings is 1. The molecule has 1 fully saturated rings. The summed E-state index contributed by atoms with van der Waals surface area (Å²) in [6.07, 6.45) is 3.98. The molecule has 0 aliphatic carbocycles. The minimum atomic E-state index is -3.35. The van der Waals surface area contributed by atoms with Crippen molar-refractivity contribution in [2.75, 3.05) is 26.2 Å². The Labute approximate surface area is 124 Å². The summed E-state index contributed by atoms with van der Waals surface area (Å²) in [5.41, 5.74) is 0.140. The van der Waals surface area contributed by atoms with E-state index in [2.05, 4.69) is 23.9 Å². The highest BCUT2D eigenvalue weighted by Gasteiger charge is 2.33. The summed E-state index contributed by atoms with van der Waals surface area (Å²) in [6.45, 7) is 11.0. The van der Waals surface area contributed by atoms with E-state index >= 15 is 0 Å². The van der Waals surface area contributed by atoms with Crippen LogP contribution in [0.15, 0.2) is 0 Å². The first-order chi connectivity index (χ1) is 9.33. The van der Waals surface area contributed by atoms with E-state index in [1.807, 2.05) is 13.8 Å². The smallest absolute Gasteiger partial charge is 0.279 e. The summed E-state index contributed by atoms with van der Waals surface area (Å²) in [6, 6.07) is 0.205. The summed E-state index contributed by atoms with van der Waals surface area (Å²) < 4.78 is 29.1. The Morgan fingerprint density at radius 3 is 2.35 bits per heavy atom. The number of nitrogens with zero attached hydrogens (tertiary/aromatic N) is 1. The van der Waals surface area contributed by atoms with Crippen molar-refractivity contribution in [2.24, 2.45) is 5.41 Å². The second-order valence-corrected chi connectivity index (χ2v) is 8.11. The van der Waals surface area contributed by atoms with E-state index in [4.69, 9.17) is 0 Å². The van der Waals surface area contributed by atoms with Crippen molar-refractivity contribution in [1.29, 1.82) is 0 Å². The second-order valence-electron chi connectivity index (χ2n) is 6.35. The molecular formula is C14H31N3O2S. The molecule has 1 unspecified atom stereocenters. The number of hydrogen-bond donors (Lipinski definition) is 2. The van der Waals surface area contributed by atoms with Crippen LogP contribution in [-0.4, -0.2) is 44.9 Å². The SMILES string of the molecule is CCCN(CCC)S(=O)(=O)NCC1NCCCC1(C)C. The Balaban J connectivity index is 2.61. The first-order valence-electron chi connectivity index (χ1n) is 7.81. The lowest BCUT2D eigenvalue weighted by Gasteiger charge is -2.39. The molecule has 0 spiro atoms. The van der Waals surface area contributed by atoms with Crippen LogP contribution < -0.4 is 10.0 Å². The Morgan fingerprint density at radius 1 is 1.25 bits per heavy atom. The predicted molar refractivity (Wildman–Crippen MR) is 83.9 cm³/mol. The fraction of sp³-hybridized carbons (Fsp3) is 1.00. The zero-order valence-corrected chi connectivity index (χ0v) is 14.2. The Hall–Kier alpha value is -0.170. The van der Waals surface area contributed by atoms with E-state index in [1.54, 1.807) is 4.31 Å². The van der Waals surface area contributed by atoms with Crippen molar-refractivity contribution >= 4 is 10.2 Å². The van der Waals surface area contributed by atoms with Crippen molar-refractivity contribution in [1.82, 2.24) is 14.3 Å². The highest BCUT2D eigenvalue weighted by molar-refractivity contribution is 7.87. The van der Waals surface area contributed by atoms with E-state index < -0.39 is 10.2 Å². The van der Waals surface area contributed by atoms with Crippen LogP contribution in [0.5, 0.6) is 0 Å². The minimum Gasteiger partial charge on any atom is -0.312 e. The van der Waals surface area contributed by atoms with Gasteiger partial charge in [0, 0.05) is 25.7 Å². The highest BCUT2D eigenvalue weighted by Crippen LogP contribution is 2.29. The van der Waals surface area contributed by atoms with Gasteiger partial charge in [-0.1, -0.05) is 27.7 Å². The third kappa shape index (κ3) is 4.98. The number of nitrogens with one attached hydrogen (secondary N) is 2. The summed E-state index contributed by atoms with van der Waals surface area (Å²) in [5.74, 6) is 0. The van der Waals surface area contributed by atoms with Gasteiger partial charge in [-0.3, -0.25) is 0 Å². The normalized spacial score (nSPS) is 23.1. The number of hydrogen-bond acceptors (Lipinski definition) is 3. The molecule has 2 N–H and O–H groups in total. The molecule has 5 nitrogen and oxygen atoms in total. The molecule has 1 heterocycles. The molecule has 20 heavy (non-hydrogen) atoms. The fourth-order valence-electron chi connectivity index (χ4n) is 2.75. The van der Waals surface area contributed by atoms with Gasteiger partial charge in [0.15, 0.2) is 0 Å². The lowest BCUT2D eigenvalue weighted by Crippen LogP contribution is -2.54. The van der Waals surface area contributed by atoms with Crippen LogP contribution in [0.2, 0.25) is 0 Å². The standard InChI is InChI=1S/C14H31N3O2S/c1-5-10-17(11-6-2)20(18,19)16-12-13-14(3,4)8-7-9-15-13/h13,15-16H,5-12H2,1-4H3. The molecule has 0 bridgehead atoms. The van der Waals surface area contributed by atoms with Crippen molar-refractivity contribution < 1.29 is 8.42 Å². The third-order valence-electron chi connectivity index (χ3n) is 4.09. The molecule has 1 rings (SSSR count). The van der Waals surface area contributed by atoms with Crippen LogP contribution in [0, 0.1) is 5.41 Å². The quantitative estimate of drug-likeness (QED) is 0.718. The molecule has 0 amide bonds. The molecule has 1 aliphatic heterocycles. The molecule has 0 radical (unpaired) electrons. The van der Waals surface area contributed by atoms with E-state index in [1.165, 1.54) is 0 Å². The van der Waals surface area contributed by atoms with Gasteiger partial charge >= 0.3 is 0 Å². The summed E-state index contributed by atoms with van der Waals surface area (Å²) >= 11 is 0. The third-order valence-corrected chi connectivity index (χ3v) is 5.66. The molecule has 0 aromatic rings. The van der Waals surface area contributed by atoms with Gasteiger partial charge in [-0.25, -0.2) is 4.72 Å². The van der Waals surface area contributed by atoms with Gasteiger partial charge in [0.2, 0.25) is 0 Å². The van der Waals surface area contributed by atoms with Crippen LogP contribution in [0.4, 0.5) is 0 Å². The molecule has 6 heteroatoms. The molecule has 0 aromatic heterocycles. The lowest BCUT2D eigenvalue weighted by atomic mass is 9.78. The van der Waals surface area contributed by atoms with Crippen molar-refractivity contribution in [3.05, 3.63) is 0 Å². The Morgan fingerprint density at radius 2 is 1.85 bits per heavy atom. The van der Waals surface area contributed by atoms with Crippen LogP contribution >= 0.6 is 0 Å². The molecule has 1 saturated heterocycles. The monoisotopic (exact) mass is 305 g/mol. The predicted octanol–water partition coefficient (Wildman–Crippen LogP) is 1.72. The molecule has 1 atom stereocenters. The molecule has 0 aromatic carbocycles. The highest BCUT2D eigenvalue weighted by atomic mass is 32.2. The van der Waals surface area contributed by atoms with Gasteiger partial charge in [0.25, 0.3) is 10.2 Å². The first kappa shape index (κ1) is 17.9. The van der Waals surface area contributed by atoms with Gasteiger partial charge < -0.3 is 5.32 Å². The second kappa shape index (κ2) is 7.73. The maximum Gasteiger partial charge on any atom is 0.279 e. The van der Waals surface area contributed by atoms with Gasteiger partial charge in [-0.2, -0.15) is 12.7 Å².